The summed E-state index contributed by atoms with van der Waals surface area (Å²) in [6.45, 7) is 1.59. The standard InChI is InChI=1S/C19H28N2O5/c1-14-10-11-17(22)15(12-14)16(21-26)8-6-4-2-3-5-7-9-18(23)20-13-19(24)25/h10-12,22,26H,2-9,13H2,1H3,(H,20,23)(H,24,25)/b21-16+. The Bertz CT molecular complexity index is 628. The van der Waals surface area contributed by atoms with Gasteiger partial charge in [-0.15, -0.1) is 0 Å². The molecule has 0 spiro atoms. The Kier molecular flexibility index (Phi) is 9.82. The summed E-state index contributed by atoms with van der Waals surface area (Å²) in [5, 5.41) is 33.2. The molecule has 1 aromatic rings. The van der Waals surface area contributed by atoms with Crippen LogP contribution in [0.2, 0.25) is 0 Å². The monoisotopic (exact) mass is 364 g/mol. The molecule has 0 aliphatic rings. The SMILES string of the molecule is Cc1ccc(O)c(/C(CCCCCCCCC(=O)NCC(=O)O)=N/O)c1. The van der Waals surface area contributed by atoms with Crippen LogP contribution in [0.1, 0.15) is 62.5 Å². The lowest BCUT2D eigenvalue weighted by atomic mass is 10.00. The minimum atomic E-state index is -1.04. The number of aliphatic carboxylic acids is 1. The van der Waals surface area contributed by atoms with Crippen molar-refractivity contribution in [2.24, 2.45) is 5.16 Å². The van der Waals surface area contributed by atoms with Crippen LogP contribution in [-0.2, 0) is 9.59 Å². The molecule has 0 bridgehead atoms. The number of rotatable bonds is 12. The van der Waals surface area contributed by atoms with Gasteiger partial charge < -0.3 is 20.7 Å². The number of oxime groups is 1. The average molecular weight is 364 g/mol. The Hall–Kier alpha value is -2.57. The van der Waals surface area contributed by atoms with Gasteiger partial charge in [-0.3, -0.25) is 9.59 Å². The number of amides is 1. The lowest BCUT2D eigenvalue weighted by Gasteiger charge is -2.08. The van der Waals surface area contributed by atoms with Gasteiger partial charge in [0.2, 0.25) is 5.91 Å². The van der Waals surface area contributed by atoms with Crippen molar-refractivity contribution >= 4 is 17.6 Å². The summed E-state index contributed by atoms with van der Waals surface area (Å²) >= 11 is 0. The van der Waals surface area contributed by atoms with Gasteiger partial charge in [-0.05, 0) is 38.3 Å². The molecule has 1 aromatic carbocycles. The summed E-state index contributed by atoms with van der Waals surface area (Å²) < 4.78 is 0. The van der Waals surface area contributed by atoms with Crippen molar-refractivity contribution in [3.8, 4) is 5.75 Å². The van der Waals surface area contributed by atoms with Gasteiger partial charge in [-0.25, -0.2) is 0 Å². The Labute approximate surface area is 153 Å². The number of aryl methyl sites for hydroxylation is 1. The summed E-state index contributed by atoms with van der Waals surface area (Å²) in [6.07, 6.45) is 6.42. The van der Waals surface area contributed by atoms with E-state index < -0.39 is 5.97 Å². The van der Waals surface area contributed by atoms with Crippen molar-refractivity contribution < 1.29 is 25.0 Å². The summed E-state index contributed by atoms with van der Waals surface area (Å²) in [7, 11) is 0. The molecule has 0 aliphatic carbocycles. The van der Waals surface area contributed by atoms with Crippen molar-refractivity contribution in [3.05, 3.63) is 29.3 Å². The highest BCUT2D eigenvalue weighted by atomic mass is 16.4. The van der Waals surface area contributed by atoms with Crippen LogP contribution in [0, 0.1) is 6.92 Å². The fourth-order valence-electron chi connectivity index (χ4n) is 2.67. The van der Waals surface area contributed by atoms with Crippen LogP contribution in [0.25, 0.3) is 0 Å². The molecule has 0 saturated heterocycles. The van der Waals surface area contributed by atoms with Gasteiger partial charge in [0.05, 0.1) is 5.71 Å². The molecule has 1 rings (SSSR count). The second kappa shape index (κ2) is 11.9. The van der Waals surface area contributed by atoms with Crippen LogP contribution >= 0.6 is 0 Å². The zero-order valence-electron chi connectivity index (χ0n) is 15.2. The molecule has 0 unspecified atom stereocenters. The van der Waals surface area contributed by atoms with E-state index in [0.717, 1.165) is 44.1 Å². The lowest BCUT2D eigenvalue weighted by molar-refractivity contribution is -0.137. The first-order valence-corrected chi connectivity index (χ1v) is 8.93. The molecular formula is C19H28N2O5. The topological polar surface area (TPSA) is 119 Å². The first-order chi connectivity index (χ1) is 12.4. The van der Waals surface area contributed by atoms with Crippen molar-refractivity contribution in [2.75, 3.05) is 6.54 Å². The number of carbonyl (C=O) groups is 2. The zero-order chi connectivity index (χ0) is 19.4. The van der Waals surface area contributed by atoms with Gasteiger partial charge in [0.1, 0.15) is 12.3 Å². The average Bonchev–Trinajstić information content (AvgIpc) is 2.61. The van der Waals surface area contributed by atoms with Gasteiger partial charge >= 0.3 is 5.97 Å². The zero-order valence-corrected chi connectivity index (χ0v) is 15.2. The minimum Gasteiger partial charge on any atom is -0.507 e. The van der Waals surface area contributed by atoms with E-state index in [1.807, 2.05) is 6.92 Å². The number of benzene rings is 1. The maximum absolute atomic E-state index is 11.3. The van der Waals surface area contributed by atoms with E-state index >= 15 is 0 Å². The molecule has 0 fully saturated rings. The normalized spacial score (nSPS) is 11.3. The third kappa shape index (κ3) is 8.50. The smallest absolute Gasteiger partial charge is 0.322 e. The number of nitrogens with zero attached hydrogens (tertiary/aromatic N) is 1. The van der Waals surface area contributed by atoms with E-state index in [1.54, 1.807) is 18.2 Å². The lowest BCUT2D eigenvalue weighted by Crippen LogP contribution is -2.28. The highest BCUT2D eigenvalue weighted by Gasteiger charge is 2.10. The first-order valence-electron chi connectivity index (χ1n) is 8.93. The molecule has 7 heteroatoms. The molecule has 0 radical (unpaired) electrons. The van der Waals surface area contributed by atoms with Crippen LogP contribution in [0.3, 0.4) is 0 Å². The van der Waals surface area contributed by atoms with Crippen LogP contribution in [0.15, 0.2) is 23.4 Å². The summed E-state index contributed by atoms with van der Waals surface area (Å²) in [4.78, 5) is 21.7. The number of hydrogen-bond acceptors (Lipinski definition) is 5. The number of nitrogens with one attached hydrogen (secondary N) is 1. The first kappa shape index (κ1) is 21.5. The van der Waals surface area contributed by atoms with E-state index in [2.05, 4.69) is 10.5 Å². The Morgan fingerprint density at radius 2 is 1.65 bits per heavy atom. The van der Waals surface area contributed by atoms with Crippen LogP contribution < -0.4 is 5.32 Å². The molecule has 0 heterocycles. The highest BCUT2D eigenvalue weighted by molar-refractivity contribution is 6.02. The van der Waals surface area contributed by atoms with Gasteiger partial charge in [0.25, 0.3) is 0 Å². The molecule has 0 saturated carbocycles. The van der Waals surface area contributed by atoms with Gasteiger partial charge in [0, 0.05) is 12.0 Å². The molecule has 7 nitrogen and oxygen atoms in total. The van der Waals surface area contributed by atoms with E-state index in [4.69, 9.17) is 5.11 Å². The molecule has 26 heavy (non-hydrogen) atoms. The largest absolute Gasteiger partial charge is 0.507 e. The Morgan fingerprint density at radius 1 is 1.04 bits per heavy atom. The van der Waals surface area contributed by atoms with Crippen molar-refractivity contribution in [2.45, 2.75) is 58.3 Å². The van der Waals surface area contributed by atoms with Crippen LogP contribution in [0.4, 0.5) is 0 Å². The summed E-state index contributed by atoms with van der Waals surface area (Å²) in [6, 6.07) is 5.21. The molecule has 4 N–H and O–H groups in total. The van der Waals surface area contributed by atoms with Crippen LogP contribution in [-0.4, -0.2) is 39.6 Å². The number of carbonyl (C=O) groups excluding carboxylic acids is 1. The van der Waals surface area contributed by atoms with Crippen LogP contribution in [0.5, 0.6) is 5.75 Å². The predicted octanol–water partition coefficient (Wildman–Crippen LogP) is 3.20. The molecule has 1 amide bonds. The van der Waals surface area contributed by atoms with E-state index in [-0.39, 0.29) is 18.2 Å². The third-order valence-corrected chi connectivity index (χ3v) is 4.09. The van der Waals surface area contributed by atoms with Gasteiger partial charge in [-0.1, -0.05) is 42.5 Å². The number of aromatic hydroxyl groups is 1. The summed E-state index contributed by atoms with van der Waals surface area (Å²) in [5.41, 5.74) is 2.05. The number of carboxylic acids is 1. The number of phenols is 1. The van der Waals surface area contributed by atoms with Crippen molar-refractivity contribution in [1.82, 2.24) is 5.32 Å². The predicted molar refractivity (Wildman–Crippen MR) is 98.7 cm³/mol. The van der Waals surface area contributed by atoms with E-state index in [9.17, 15) is 19.9 Å². The number of unbranched alkanes of at least 4 members (excludes halogenated alkanes) is 5. The quantitative estimate of drug-likeness (QED) is 0.196. The number of carboxylic acid groups (broad SMARTS) is 1. The van der Waals surface area contributed by atoms with E-state index in [0.29, 0.717) is 24.1 Å². The minimum absolute atomic E-state index is 0.115. The van der Waals surface area contributed by atoms with Gasteiger partial charge in [-0.2, -0.15) is 0 Å². The third-order valence-electron chi connectivity index (χ3n) is 4.09. The maximum Gasteiger partial charge on any atom is 0.322 e. The van der Waals surface area contributed by atoms with Crippen molar-refractivity contribution in [1.29, 1.82) is 0 Å². The Balaban J connectivity index is 2.15. The number of phenolic OH excluding ortho intramolecular Hbond substituents is 1. The van der Waals surface area contributed by atoms with Gasteiger partial charge in [0.15, 0.2) is 0 Å². The highest BCUT2D eigenvalue weighted by Crippen LogP contribution is 2.21. The molecule has 144 valence electrons. The molecule has 0 atom stereocenters. The second-order valence-corrected chi connectivity index (χ2v) is 6.36. The fraction of sp³-hybridized carbons (Fsp3) is 0.526. The molecule has 0 aromatic heterocycles. The molecular weight excluding hydrogens is 336 g/mol. The second-order valence-electron chi connectivity index (χ2n) is 6.36. The summed E-state index contributed by atoms with van der Waals surface area (Å²) in [5.74, 6) is -1.15. The number of hydrogen-bond donors (Lipinski definition) is 4. The maximum atomic E-state index is 11.3. The Morgan fingerprint density at radius 3 is 2.27 bits per heavy atom. The fourth-order valence-corrected chi connectivity index (χ4v) is 2.67. The molecule has 0 aliphatic heterocycles. The van der Waals surface area contributed by atoms with Crippen molar-refractivity contribution in [3.63, 3.8) is 0 Å². The van der Waals surface area contributed by atoms with E-state index in [1.165, 1.54) is 0 Å².